The number of benzene rings is 1. The topological polar surface area (TPSA) is 88.8 Å². The number of carbonyl (C=O) groups excluding carboxylic acids is 1. The molecule has 1 aromatic carbocycles. The van der Waals surface area contributed by atoms with Crippen LogP contribution < -0.4 is 5.32 Å². The van der Waals surface area contributed by atoms with Gasteiger partial charge in [-0.2, -0.15) is 0 Å². The van der Waals surface area contributed by atoms with Crippen LogP contribution in [0.4, 0.5) is 4.79 Å². The number of amides is 1. The molecule has 2 aromatic rings. The molecule has 22 heavy (non-hydrogen) atoms. The molecule has 0 aliphatic heterocycles. The van der Waals surface area contributed by atoms with E-state index in [1.807, 2.05) is 30.3 Å². The maximum atomic E-state index is 11.8. The molecule has 116 valence electrons. The zero-order chi connectivity index (χ0) is 15.9. The van der Waals surface area contributed by atoms with Gasteiger partial charge in [-0.25, -0.2) is 4.79 Å². The normalized spacial score (nSPS) is 11.7. The van der Waals surface area contributed by atoms with Gasteiger partial charge < -0.3 is 19.6 Å². The Morgan fingerprint density at radius 3 is 2.55 bits per heavy atom. The first-order valence-electron chi connectivity index (χ1n) is 6.49. The van der Waals surface area contributed by atoms with Gasteiger partial charge in [-0.1, -0.05) is 30.3 Å². The molecule has 0 aliphatic carbocycles. The lowest BCUT2D eigenvalue weighted by atomic mass is 10.1. The van der Waals surface area contributed by atoms with Gasteiger partial charge in [-0.15, -0.1) is 0 Å². The monoisotopic (exact) mass is 367 g/mol. The number of furan rings is 1. The second-order valence-electron chi connectivity index (χ2n) is 4.50. The molecule has 0 saturated heterocycles. The molecule has 2 rings (SSSR count). The number of alkyl carbamates (subject to hydrolysis) is 1. The summed E-state index contributed by atoms with van der Waals surface area (Å²) in [5, 5.41) is 11.4. The van der Waals surface area contributed by atoms with Crippen LogP contribution in [0.2, 0.25) is 0 Å². The van der Waals surface area contributed by atoms with Crippen molar-refractivity contribution in [3.8, 4) is 0 Å². The van der Waals surface area contributed by atoms with Gasteiger partial charge in [0.15, 0.2) is 4.67 Å². The van der Waals surface area contributed by atoms with Crippen molar-refractivity contribution in [3.63, 3.8) is 0 Å². The second kappa shape index (κ2) is 7.65. The Labute approximate surface area is 135 Å². The number of halogens is 1. The molecule has 1 amide bonds. The van der Waals surface area contributed by atoms with Crippen molar-refractivity contribution in [2.45, 2.75) is 19.1 Å². The molecule has 6 nitrogen and oxygen atoms in total. The lowest BCUT2D eigenvalue weighted by Gasteiger charge is -2.14. The van der Waals surface area contributed by atoms with E-state index in [-0.39, 0.29) is 13.0 Å². The summed E-state index contributed by atoms with van der Waals surface area (Å²) in [6.07, 6.45) is -1.01. The highest BCUT2D eigenvalue weighted by atomic mass is 79.9. The number of carboxylic acids is 1. The highest BCUT2D eigenvalue weighted by Crippen LogP contribution is 2.23. The van der Waals surface area contributed by atoms with E-state index in [0.29, 0.717) is 10.4 Å². The number of nitrogens with one attached hydrogen (secondary N) is 1. The van der Waals surface area contributed by atoms with E-state index in [1.165, 1.54) is 0 Å². The quantitative estimate of drug-likeness (QED) is 0.815. The third-order valence-electron chi connectivity index (χ3n) is 2.82. The van der Waals surface area contributed by atoms with E-state index >= 15 is 0 Å². The van der Waals surface area contributed by atoms with Crippen molar-refractivity contribution in [2.75, 3.05) is 0 Å². The van der Waals surface area contributed by atoms with Gasteiger partial charge in [-0.05, 0) is 33.6 Å². The molecule has 0 unspecified atom stereocenters. The number of rotatable bonds is 6. The van der Waals surface area contributed by atoms with Crippen LogP contribution in [-0.2, 0) is 16.1 Å². The van der Waals surface area contributed by atoms with Gasteiger partial charge in [0.2, 0.25) is 0 Å². The van der Waals surface area contributed by atoms with Crippen LogP contribution in [0.5, 0.6) is 0 Å². The van der Waals surface area contributed by atoms with E-state index < -0.39 is 18.1 Å². The number of aliphatic carboxylic acids is 1. The molecule has 2 N–H and O–H groups in total. The largest absolute Gasteiger partial charge is 0.481 e. The van der Waals surface area contributed by atoms with Crippen molar-refractivity contribution >= 4 is 28.0 Å². The van der Waals surface area contributed by atoms with Gasteiger partial charge in [-0.3, -0.25) is 4.79 Å². The fraction of sp³-hybridized carbons (Fsp3) is 0.200. The first-order chi connectivity index (χ1) is 10.5. The minimum atomic E-state index is -1.05. The standard InChI is InChI=1S/C15H14BrNO5/c16-13-7-6-12(22-13)11(8-14(18)19)17-15(20)21-9-10-4-2-1-3-5-10/h1-7,11H,8-9H2,(H,17,20)(H,18,19)/t11-/m1/s1. The van der Waals surface area contributed by atoms with E-state index in [2.05, 4.69) is 21.2 Å². The zero-order valence-electron chi connectivity index (χ0n) is 11.5. The van der Waals surface area contributed by atoms with Gasteiger partial charge >= 0.3 is 12.1 Å². The number of hydrogen-bond donors (Lipinski definition) is 2. The highest BCUT2D eigenvalue weighted by molar-refractivity contribution is 9.10. The zero-order valence-corrected chi connectivity index (χ0v) is 13.1. The van der Waals surface area contributed by atoms with Crippen LogP contribution in [0.15, 0.2) is 51.6 Å². The van der Waals surface area contributed by atoms with Crippen molar-refractivity contribution < 1.29 is 23.8 Å². The third-order valence-corrected chi connectivity index (χ3v) is 3.25. The summed E-state index contributed by atoms with van der Waals surface area (Å²) in [5.41, 5.74) is 0.841. The molecule has 1 atom stereocenters. The molecule has 0 bridgehead atoms. The SMILES string of the molecule is O=C(O)C[C@@H](NC(=O)OCc1ccccc1)c1ccc(Br)o1. The summed E-state index contributed by atoms with van der Waals surface area (Å²) in [6.45, 7) is 0.105. The molecule has 7 heteroatoms. The maximum Gasteiger partial charge on any atom is 0.408 e. The highest BCUT2D eigenvalue weighted by Gasteiger charge is 2.22. The predicted molar refractivity (Wildman–Crippen MR) is 81.2 cm³/mol. The molecule has 0 fully saturated rings. The molecule has 0 radical (unpaired) electrons. The second-order valence-corrected chi connectivity index (χ2v) is 5.28. The van der Waals surface area contributed by atoms with E-state index in [0.717, 1.165) is 5.56 Å². The minimum absolute atomic E-state index is 0.105. The van der Waals surface area contributed by atoms with Crippen LogP contribution in [0.25, 0.3) is 0 Å². The number of carboxylic acid groups (broad SMARTS) is 1. The van der Waals surface area contributed by atoms with E-state index in [1.54, 1.807) is 12.1 Å². The van der Waals surface area contributed by atoms with Crippen molar-refractivity contribution in [3.05, 3.63) is 58.5 Å². The molecule has 0 spiro atoms. The number of carbonyl (C=O) groups is 2. The Kier molecular flexibility index (Phi) is 5.60. The van der Waals surface area contributed by atoms with Crippen molar-refractivity contribution in [2.24, 2.45) is 0 Å². The lowest BCUT2D eigenvalue weighted by molar-refractivity contribution is -0.137. The molecule has 0 aliphatic rings. The van der Waals surface area contributed by atoms with E-state index in [4.69, 9.17) is 14.3 Å². The Morgan fingerprint density at radius 2 is 1.95 bits per heavy atom. The van der Waals surface area contributed by atoms with Gasteiger partial charge in [0.1, 0.15) is 18.4 Å². The first-order valence-corrected chi connectivity index (χ1v) is 7.28. The number of ether oxygens (including phenoxy) is 1. The molecule has 1 aromatic heterocycles. The van der Waals surface area contributed by atoms with Crippen LogP contribution in [0, 0.1) is 0 Å². The van der Waals surface area contributed by atoms with Gasteiger partial charge in [0.25, 0.3) is 0 Å². The third kappa shape index (κ3) is 4.92. The smallest absolute Gasteiger partial charge is 0.408 e. The van der Waals surface area contributed by atoms with Gasteiger partial charge in [0, 0.05) is 0 Å². The van der Waals surface area contributed by atoms with Crippen LogP contribution in [-0.4, -0.2) is 17.2 Å². The average Bonchev–Trinajstić information content (AvgIpc) is 2.92. The first kappa shape index (κ1) is 16.1. The fourth-order valence-electron chi connectivity index (χ4n) is 1.82. The van der Waals surface area contributed by atoms with Crippen molar-refractivity contribution in [1.82, 2.24) is 5.32 Å². The number of hydrogen-bond acceptors (Lipinski definition) is 4. The summed E-state index contributed by atoms with van der Waals surface area (Å²) in [7, 11) is 0. The predicted octanol–water partition coefficient (Wildman–Crippen LogP) is 3.48. The fourth-order valence-corrected chi connectivity index (χ4v) is 2.14. The molecule has 1 heterocycles. The van der Waals surface area contributed by atoms with Crippen molar-refractivity contribution in [1.29, 1.82) is 0 Å². The van der Waals surface area contributed by atoms with Crippen LogP contribution in [0.1, 0.15) is 23.8 Å². The van der Waals surface area contributed by atoms with E-state index in [9.17, 15) is 9.59 Å². The summed E-state index contributed by atoms with van der Waals surface area (Å²) < 4.78 is 10.8. The van der Waals surface area contributed by atoms with Crippen LogP contribution >= 0.6 is 15.9 Å². The Bertz CT molecular complexity index is 640. The molecule has 0 saturated carbocycles. The lowest BCUT2D eigenvalue weighted by Crippen LogP contribution is -2.30. The Hall–Kier alpha value is -2.28. The molecular formula is C15H14BrNO5. The maximum absolute atomic E-state index is 11.8. The summed E-state index contributed by atoms with van der Waals surface area (Å²) >= 11 is 3.14. The Morgan fingerprint density at radius 1 is 1.23 bits per heavy atom. The average molecular weight is 368 g/mol. The van der Waals surface area contributed by atoms with Gasteiger partial charge in [0.05, 0.1) is 6.42 Å². The summed E-state index contributed by atoms with van der Waals surface area (Å²) in [5.74, 6) is -0.716. The molecular weight excluding hydrogens is 354 g/mol. The summed E-state index contributed by atoms with van der Waals surface area (Å²) in [6, 6.07) is 11.6. The summed E-state index contributed by atoms with van der Waals surface area (Å²) in [4.78, 5) is 22.7. The van der Waals surface area contributed by atoms with Crippen LogP contribution in [0.3, 0.4) is 0 Å². The Balaban J connectivity index is 1.94. The minimum Gasteiger partial charge on any atom is -0.481 e.